The summed E-state index contributed by atoms with van der Waals surface area (Å²) < 4.78 is 47.3. The van der Waals surface area contributed by atoms with Crippen molar-refractivity contribution in [2.45, 2.75) is 13.1 Å². The van der Waals surface area contributed by atoms with Gasteiger partial charge in [0.25, 0.3) is 0 Å². The van der Waals surface area contributed by atoms with E-state index in [1.165, 1.54) is 25.4 Å². The minimum Gasteiger partial charge on any atom is -0.480 e. The van der Waals surface area contributed by atoms with Crippen molar-refractivity contribution in [3.8, 4) is 0 Å². The summed E-state index contributed by atoms with van der Waals surface area (Å²) in [6.45, 7) is 1.68. The summed E-state index contributed by atoms with van der Waals surface area (Å²) in [5.41, 5.74) is 0.166. The monoisotopic (exact) mass is 284 g/mol. The molecule has 4 nitrogen and oxygen atoms in total. The van der Waals surface area contributed by atoms with Crippen molar-refractivity contribution in [1.29, 1.82) is 0 Å². The van der Waals surface area contributed by atoms with Crippen molar-refractivity contribution >= 4 is 11.6 Å². The fourth-order valence-electron chi connectivity index (χ4n) is 1.56. The van der Waals surface area contributed by atoms with Gasteiger partial charge in [-0.25, -0.2) is 4.99 Å². The number of rotatable bonds is 2. The molecule has 0 saturated carbocycles. The standard InChI is InChI=1S/C13H11F3N2O2/c1-8-11(7-17-20-8)12(19-2)18-10-5-3-9(4-6-10)13(14,15)16/h3-7H,1-2H3/b18-12-. The zero-order chi connectivity index (χ0) is 14.8. The topological polar surface area (TPSA) is 47.6 Å². The van der Waals surface area contributed by atoms with Crippen LogP contribution in [0.5, 0.6) is 0 Å². The van der Waals surface area contributed by atoms with Crippen LogP contribution >= 0.6 is 0 Å². The van der Waals surface area contributed by atoms with E-state index in [4.69, 9.17) is 9.26 Å². The molecular weight excluding hydrogens is 273 g/mol. The van der Waals surface area contributed by atoms with E-state index in [-0.39, 0.29) is 5.90 Å². The molecule has 1 heterocycles. The van der Waals surface area contributed by atoms with Crippen LogP contribution in [0.2, 0.25) is 0 Å². The van der Waals surface area contributed by atoms with E-state index in [9.17, 15) is 13.2 Å². The number of nitrogens with zero attached hydrogens (tertiary/aromatic N) is 2. The molecule has 20 heavy (non-hydrogen) atoms. The van der Waals surface area contributed by atoms with E-state index < -0.39 is 11.7 Å². The van der Waals surface area contributed by atoms with Crippen LogP contribution in [-0.2, 0) is 10.9 Å². The smallest absolute Gasteiger partial charge is 0.416 e. The molecule has 1 aromatic carbocycles. The van der Waals surface area contributed by atoms with Gasteiger partial charge in [0.05, 0.1) is 30.1 Å². The summed E-state index contributed by atoms with van der Waals surface area (Å²) in [5, 5.41) is 3.59. The van der Waals surface area contributed by atoms with Gasteiger partial charge in [0, 0.05) is 0 Å². The summed E-state index contributed by atoms with van der Waals surface area (Å²) in [4.78, 5) is 4.13. The lowest BCUT2D eigenvalue weighted by atomic mass is 10.2. The zero-order valence-electron chi connectivity index (χ0n) is 10.7. The van der Waals surface area contributed by atoms with Crippen molar-refractivity contribution in [3.63, 3.8) is 0 Å². The second-order valence-electron chi connectivity index (χ2n) is 3.96. The van der Waals surface area contributed by atoms with Gasteiger partial charge in [0.15, 0.2) is 0 Å². The molecule has 2 aromatic rings. The maximum absolute atomic E-state index is 12.4. The lowest BCUT2D eigenvalue weighted by molar-refractivity contribution is -0.137. The van der Waals surface area contributed by atoms with Gasteiger partial charge in [0.2, 0.25) is 5.90 Å². The summed E-state index contributed by atoms with van der Waals surface area (Å²) in [6, 6.07) is 4.47. The minimum atomic E-state index is -4.36. The van der Waals surface area contributed by atoms with E-state index >= 15 is 0 Å². The lowest BCUT2D eigenvalue weighted by Gasteiger charge is -2.07. The Labute approximate surface area is 112 Å². The van der Waals surface area contributed by atoms with Crippen LogP contribution in [0.15, 0.2) is 40.0 Å². The molecule has 0 aliphatic carbocycles. The first kappa shape index (κ1) is 14.1. The Bertz CT molecular complexity index is 615. The molecule has 0 fully saturated rings. The van der Waals surface area contributed by atoms with Crippen molar-refractivity contribution in [3.05, 3.63) is 47.3 Å². The average Bonchev–Trinajstić information content (AvgIpc) is 2.82. The molecule has 0 bridgehead atoms. The minimum absolute atomic E-state index is 0.225. The van der Waals surface area contributed by atoms with Gasteiger partial charge in [-0.2, -0.15) is 13.2 Å². The number of hydrogen-bond donors (Lipinski definition) is 0. The van der Waals surface area contributed by atoms with E-state index in [1.54, 1.807) is 6.92 Å². The molecule has 0 unspecified atom stereocenters. The van der Waals surface area contributed by atoms with E-state index in [2.05, 4.69) is 10.1 Å². The number of ether oxygens (including phenoxy) is 1. The highest BCUT2D eigenvalue weighted by atomic mass is 19.4. The van der Waals surface area contributed by atoms with E-state index in [1.807, 2.05) is 0 Å². The van der Waals surface area contributed by atoms with Crippen LogP contribution < -0.4 is 0 Å². The number of alkyl halides is 3. The molecule has 7 heteroatoms. The second-order valence-corrected chi connectivity index (χ2v) is 3.96. The van der Waals surface area contributed by atoms with Crippen molar-refractivity contribution in [2.24, 2.45) is 4.99 Å². The first-order valence-electron chi connectivity index (χ1n) is 5.63. The fraction of sp³-hybridized carbons (Fsp3) is 0.231. The molecule has 106 valence electrons. The van der Waals surface area contributed by atoms with Crippen molar-refractivity contribution in [2.75, 3.05) is 7.11 Å². The predicted molar refractivity (Wildman–Crippen MR) is 65.9 cm³/mol. The number of aliphatic imine (C=N–C) groups is 1. The molecule has 0 aliphatic heterocycles. The Morgan fingerprint density at radius 2 is 1.90 bits per heavy atom. The number of benzene rings is 1. The van der Waals surface area contributed by atoms with Gasteiger partial charge in [-0.1, -0.05) is 5.16 Å². The molecule has 0 N–H and O–H groups in total. The normalized spacial score (nSPS) is 12.6. The third kappa shape index (κ3) is 2.98. The van der Waals surface area contributed by atoms with Gasteiger partial charge >= 0.3 is 6.18 Å². The maximum Gasteiger partial charge on any atom is 0.416 e. The van der Waals surface area contributed by atoms with Crippen LogP contribution in [0.1, 0.15) is 16.9 Å². The first-order valence-corrected chi connectivity index (χ1v) is 5.63. The molecule has 0 radical (unpaired) electrons. The number of hydrogen-bond acceptors (Lipinski definition) is 4. The molecule has 0 atom stereocenters. The number of aromatic nitrogens is 1. The highest BCUT2D eigenvalue weighted by Gasteiger charge is 2.29. The third-order valence-corrected chi connectivity index (χ3v) is 2.60. The Hall–Kier alpha value is -2.31. The van der Waals surface area contributed by atoms with Gasteiger partial charge in [-0.15, -0.1) is 0 Å². The lowest BCUT2D eigenvalue weighted by Crippen LogP contribution is -2.04. The van der Waals surface area contributed by atoms with Crippen molar-refractivity contribution < 1.29 is 22.4 Å². The third-order valence-electron chi connectivity index (χ3n) is 2.60. The largest absolute Gasteiger partial charge is 0.480 e. The summed E-state index contributed by atoms with van der Waals surface area (Å²) >= 11 is 0. The first-order chi connectivity index (χ1) is 9.41. The molecule has 0 aliphatic rings. The van der Waals surface area contributed by atoms with Crippen LogP contribution in [0.4, 0.5) is 18.9 Å². The number of methoxy groups -OCH3 is 1. The number of aryl methyl sites for hydroxylation is 1. The van der Waals surface area contributed by atoms with Gasteiger partial charge in [-0.05, 0) is 31.2 Å². The van der Waals surface area contributed by atoms with Gasteiger partial charge in [-0.3, -0.25) is 0 Å². The summed E-state index contributed by atoms with van der Waals surface area (Å²) in [6.07, 6.45) is -2.93. The second kappa shape index (κ2) is 5.36. The van der Waals surface area contributed by atoms with Crippen LogP contribution in [0, 0.1) is 6.92 Å². The van der Waals surface area contributed by atoms with Crippen LogP contribution in [-0.4, -0.2) is 18.2 Å². The Balaban J connectivity index is 2.32. The van der Waals surface area contributed by atoms with Crippen LogP contribution in [0.25, 0.3) is 0 Å². The molecular formula is C13H11F3N2O2. The molecule has 0 saturated heterocycles. The Morgan fingerprint density at radius 1 is 1.25 bits per heavy atom. The Kier molecular flexibility index (Phi) is 3.78. The summed E-state index contributed by atoms with van der Waals surface area (Å²) in [5.74, 6) is 0.737. The highest BCUT2D eigenvalue weighted by Crippen LogP contribution is 2.30. The SMILES string of the molecule is CO/C(=N\c1ccc(C(F)(F)F)cc1)c1cnoc1C. The zero-order valence-corrected chi connectivity index (χ0v) is 10.7. The molecule has 0 amide bonds. The molecule has 1 aromatic heterocycles. The molecule has 2 rings (SSSR count). The van der Waals surface area contributed by atoms with Crippen molar-refractivity contribution in [1.82, 2.24) is 5.16 Å². The van der Waals surface area contributed by atoms with E-state index in [0.717, 1.165) is 12.1 Å². The Morgan fingerprint density at radius 3 is 2.35 bits per heavy atom. The van der Waals surface area contributed by atoms with Gasteiger partial charge in [0.1, 0.15) is 5.76 Å². The van der Waals surface area contributed by atoms with Gasteiger partial charge < -0.3 is 9.26 Å². The average molecular weight is 284 g/mol. The van der Waals surface area contributed by atoms with E-state index in [0.29, 0.717) is 17.0 Å². The number of halogens is 3. The quantitative estimate of drug-likeness (QED) is 0.623. The molecule has 0 spiro atoms. The fourth-order valence-corrected chi connectivity index (χ4v) is 1.56. The highest BCUT2D eigenvalue weighted by molar-refractivity contribution is 5.96. The summed E-state index contributed by atoms with van der Waals surface area (Å²) in [7, 11) is 1.41. The predicted octanol–water partition coefficient (Wildman–Crippen LogP) is 3.73. The maximum atomic E-state index is 12.4. The van der Waals surface area contributed by atoms with Crippen LogP contribution in [0.3, 0.4) is 0 Å².